The molecule has 61 heavy (non-hydrogen) atoms. The van der Waals surface area contributed by atoms with Crippen LogP contribution in [0.3, 0.4) is 0 Å². The summed E-state index contributed by atoms with van der Waals surface area (Å²) in [6.07, 6.45) is 1.41. The van der Waals surface area contributed by atoms with Crippen molar-refractivity contribution in [3.8, 4) is 0 Å². The van der Waals surface area contributed by atoms with Gasteiger partial charge in [0.05, 0.1) is 41.0 Å². The lowest BCUT2D eigenvalue weighted by Gasteiger charge is -2.44. The number of hydrogen-bond acceptors (Lipinski definition) is 13. The van der Waals surface area contributed by atoms with Gasteiger partial charge < -0.3 is 71.1 Å². The van der Waals surface area contributed by atoms with E-state index in [4.69, 9.17) is 45.8 Å². The van der Waals surface area contributed by atoms with Gasteiger partial charge >= 0.3 is 0 Å². The van der Waals surface area contributed by atoms with Crippen LogP contribution in [0.15, 0.2) is 0 Å². The number of carbonyl (C=O) groups excluding carboxylic acids is 2. The van der Waals surface area contributed by atoms with Crippen molar-refractivity contribution in [2.75, 3.05) is 32.4 Å². The highest BCUT2D eigenvalue weighted by molar-refractivity contribution is 7.99. The van der Waals surface area contributed by atoms with Crippen LogP contribution in [0.5, 0.6) is 0 Å². The molecule has 2 amide bonds. The number of rotatable bonds is 16. The number of nitrogens with zero attached hydrogens (tertiary/aromatic N) is 2. The molecule has 0 aromatic rings. The van der Waals surface area contributed by atoms with Crippen LogP contribution >= 0.6 is 35.0 Å². The molecule has 4 aliphatic heterocycles. The van der Waals surface area contributed by atoms with E-state index in [1.807, 2.05) is 0 Å². The first-order valence-electron chi connectivity index (χ1n) is 21.5. The van der Waals surface area contributed by atoms with Gasteiger partial charge in [0.1, 0.15) is 54.3 Å². The molecule has 4 heterocycles. The second-order valence-corrected chi connectivity index (χ2v) is 19.1. The van der Waals surface area contributed by atoms with E-state index in [0.717, 1.165) is 70.9 Å². The highest BCUT2D eigenvalue weighted by Gasteiger charge is 2.49. The lowest BCUT2D eigenvalue weighted by Crippen LogP contribution is -2.65. The van der Waals surface area contributed by atoms with Gasteiger partial charge in [-0.3, -0.25) is 9.59 Å². The Hall–Kier alpha value is -1.55. The van der Waals surface area contributed by atoms with Crippen LogP contribution in [0, 0.1) is 25.0 Å². The van der Waals surface area contributed by atoms with Crippen LogP contribution < -0.4 is 21.3 Å². The third kappa shape index (κ3) is 16.8. The summed E-state index contributed by atoms with van der Waals surface area (Å²) in [6, 6.07) is -2.18. The van der Waals surface area contributed by atoms with Crippen molar-refractivity contribution in [1.82, 2.24) is 21.3 Å². The Labute approximate surface area is 377 Å². The van der Waals surface area contributed by atoms with Crippen LogP contribution in [0.1, 0.15) is 98.8 Å². The van der Waals surface area contributed by atoms with Gasteiger partial charge in [-0.25, -0.2) is 13.1 Å². The van der Waals surface area contributed by atoms with Crippen molar-refractivity contribution in [2.45, 2.75) is 194 Å². The van der Waals surface area contributed by atoms with E-state index in [2.05, 4.69) is 31.0 Å². The molecule has 0 radical (unpaired) electrons. The van der Waals surface area contributed by atoms with E-state index in [1.165, 1.54) is 11.8 Å². The van der Waals surface area contributed by atoms with E-state index >= 15 is 0 Å². The number of aliphatic hydroxyl groups is 6. The molecule has 18 atom stereocenters. The summed E-state index contributed by atoms with van der Waals surface area (Å²) in [5.41, 5.74) is -0.726. The minimum Gasteiger partial charge on any atom is -0.388 e. The number of ether oxygens (including phenoxy) is 2. The molecule has 0 spiro atoms. The van der Waals surface area contributed by atoms with Crippen LogP contribution in [-0.4, -0.2) is 170 Å². The number of hydrogen-bond donors (Lipinski definition) is 10. The summed E-state index contributed by atoms with van der Waals surface area (Å²) in [7, 11) is 0. The molecule has 0 aliphatic carbocycles. The molecule has 0 bridgehead atoms. The van der Waals surface area contributed by atoms with Crippen molar-refractivity contribution in [1.29, 1.82) is 0 Å². The smallest absolute Gasteiger partial charge is 0.237 e. The Morgan fingerprint density at radius 1 is 0.689 bits per heavy atom. The Kier molecular flexibility index (Phi) is 25.9. The Balaban J connectivity index is 0.000000413. The zero-order chi connectivity index (χ0) is 44.5. The molecular weight excluding hydrogens is 851 g/mol. The zero-order valence-electron chi connectivity index (χ0n) is 35.4. The van der Waals surface area contributed by atoms with Crippen LogP contribution in [0.25, 0.3) is 9.69 Å². The average molecular weight is 926 g/mol. The molecule has 4 aliphatic rings. The minimum atomic E-state index is -1.39. The van der Waals surface area contributed by atoms with Gasteiger partial charge in [-0.2, -0.15) is 0 Å². The van der Waals surface area contributed by atoms with Crippen molar-refractivity contribution >= 4 is 46.8 Å². The van der Waals surface area contributed by atoms with Gasteiger partial charge in [-0.1, -0.05) is 13.8 Å². The lowest BCUT2D eigenvalue weighted by atomic mass is 9.90. The molecule has 4 saturated heterocycles. The van der Waals surface area contributed by atoms with Crippen molar-refractivity contribution < 1.29 is 49.7 Å². The van der Waals surface area contributed by atoms with Gasteiger partial charge in [0.15, 0.2) is 0 Å². The van der Waals surface area contributed by atoms with Crippen molar-refractivity contribution in [3.63, 3.8) is 0 Å². The quantitative estimate of drug-likeness (QED) is 0.0609. The number of aliphatic hydroxyl groups excluding tert-OH is 6. The topological polar surface area (TPSA) is 231 Å². The first-order valence-corrected chi connectivity index (χ1v) is 23.7. The number of amides is 2. The van der Waals surface area contributed by atoms with Crippen LogP contribution in [-0.2, 0) is 19.1 Å². The predicted octanol–water partition coefficient (Wildman–Crippen LogP) is 2.18. The zero-order valence-corrected chi connectivity index (χ0v) is 37.7. The maximum absolute atomic E-state index is 13.0. The summed E-state index contributed by atoms with van der Waals surface area (Å²) < 4.78 is 11.5. The molecule has 4 rings (SSSR count). The normalized spacial score (nSPS) is 36.3. The fourth-order valence-corrected chi connectivity index (χ4v) is 9.61. The molecule has 10 N–H and O–H groups in total. The van der Waals surface area contributed by atoms with Gasteiger partial charge in [-0.15, -0.1) is 35.0 Å². The highest BCUT2D eigenvalue weighted by atomic mass is 35.5. The number of carbonyl (C=O) groups is 2. The van der Waals surface area contributed by atoms with Gasteiger partial charge in [0.2, 0.25) is 24.9 Å². The Morgan fingerprint density at radius 3 is 1.59 bits per heavy atom. The van der Waals surface area contributed by atoms with Crippen molar-refractivity contribution in [3.05, 3.63) is 22.8 Å². The number of halogens is 2. The second-order valence-electron chi connectivity index (χ2n) is 16.8. The SMILES string of the molecule is C.[C-]#[N+]CCCC[C@@H]1CCN[C@H](C(=O)N[C@@H]([C@H]2O[C@H](C)[C@H](O)[C@@H](O)[C@H]2O)[C@H](C)Cl)CC1.[C-]#[N+]CCC[C@@H]1CCN[C@H](C(=O)N[C@@H]([C@H]2O[C@H](SC)[C@H](O)[C@@H](O)[C@H]2O)[C@H](C)Cl)CC1. The van der Waals surface area contributed by atoms with Crippen molar-refractivity contribution in [2.24, 2.45) is 11.8 Å². The maximum Gasteiger partial charge on any atom is 0.237 e. The third-order valence-electron chi connectivity index (χ3n) is 12.3. The summed E-state index contributed by atoms with van der Waals surface area (Å²) >= 11 is 13.9. The second kappa shape index (κ2) is 28.4. The van der Waals surface area contributed by atoms with Gasteiger partial charge in [-0.05, 0) is 103 Å². The molecule has 0 aromatic carbocycles. The van der Waals surface area contributed by atoms with E-state index in [0.29, 0.717) is 37.8 Å². The Morgan fingerprint density at radius 2 is 1.13 bits per heavy atom. The molecule has 0 saturated carbocycles. The highest BCUT2D eigenvalue weighted by Crippen LogP contribution is 2.31. The van der Waals surface area contributed by atoms with E-state index in [-0.39, 0.29) is 31.3 Å². The largest absolute Gasteiger partial charge is 0.388 e. The lowest BCUT2D eigenvalue weighted by molar-refractivity contribution is -0.223. The minimum absolute atomic E-state index is 0. The monoisotopic (exact) mass is 924 g/mol. The van der Waals surface area contributed by atoms with Gasteiger partial charge in [0, 0.05) is 12.8 Å². The summed E-state index contributed by atoms with van der Waals surface area (Å²) in [5.74, 6) is 0.628. The Bertz CT molecular complexity index is 1380. The van der Waals surface area contributed by atoms with E-state index < -0.39 is 83.2 Å². The number of alkyl halides is 2. The molecule has 19 heteroatoms. The first-order chi connectivity index (χ1) is 28.6. The van der Waals surface area contributed by atoms with Gasteiger partial charge in [0.25, 0.3) is 0 Å². The molecule has 0 unspecified atom stereocenters. The fraction of sp³-hybridized carbons (Fsp3) is 0.905. The predicted molar refractivity (Wildman–Crippen MR) is 238 cm³/mol. The van der Waals surface area contributed by atoms with Crippen LogP contribution in [0.4, 0.5) is 0 Å². The maximum atomic E-state index is 13.0. The number of unbranched alkanes of at least 4 members (excludes halogenated alkanes) is 1. The summed E-state index contributed by atoms with van der Waals surface area (Å²) in [4.78, 5) is 32.7. The summed E-state index contributed by atoms with van der Waals surface area (Å²) in [5, 5.41) is 72.4. The standard InChI is InChI=1S/C21H36ClN3O5.C20H34ClN3O5S.CH4/c1-12(22)16(20-19(28)18(27)17(26)13(2)30-20)25-21(29)15-8-7-14(9-11-24-15)6-4-5-10-23-3;1-11(21)14(18-16(26)15(25)17(27)20(29-18)30-3)24-19(28)13-7-6-12(8-10-23-13)5-4-9-22-2;/h12-20,24,26-28H,4-11H2,1-2H3,(H,25,29);11-18,20,23,25-27H,4-10H2,1,3H3,(H,24,28);1H4/t12-,13+,14-,15-,16+,17-,18+,19+,20+;11-,12-,13-,14+,15-,16+,17+,18+,20+;/m00./s1. The first kappa shape index (κ1) is 55.6. The molecule has 0 aromatic heterocycles. The van der Waals surface area contributed by atoms with E-state index in [1.54, 1.807) is 27.0 Å². The molecular formula is C42H74Cl2N6O10S. The fourth-order valence-electron chi connectivity index (χ4n) is 8.52. The number of thioether (sulfide) groups is 1. The van der Waals surface area contributed by atoms with E-state index in [9.17, 15) is 40.2 Å². The average Bonchev–Trinajstić information content (AvgIpc) is 3.62. The third-order valence-corrected chi connectivity index (χ3v) is 13.7. The molecule has 352 valence electrons. The number of nitrogens with one attached hydrogen (secondary N) is 4. The van der Waals surface area contributed by atoms with Crippen LogP contribution in [0.2, 0.25) is 0 Å². The molecule has 4 fully saturated rings. The molecule has 16 nitrogen and oxygen atoms in total. The summed E-state index contributed by atoms with van der Waals surface area (Å²) in [6.45, 7) is 21.3.